The monoisotopic (exact) mass is 540 g/mol. The maximum Gasteiger partial charge on any atom is 0.155 e. The molecule has 7 rings (SSSR count). The van der Waals surface area contributed by atoms with E-state index in [9.17, 15) is 9.59 Å². The number of nitrogens with zero attached hydrogens (tertiary/aromatic N) is 2. The van der Waals surface area contributed by atoms with Gasteiger partial charge in [0.1, 0.15) is 35.8 Å². The summed E-state index contributed by atoms with van der Waals surface area (Å²) in [6, 6.07) is 14.5. The molecule has 8 nitrogen and oxygen atoms in total. The molecule has 188 valence electrons. The van der Waals surface area contributed by atoms with Crippen molar-refractivity contribution in [2.24, 2.45) is 0 Å². The van der Waals surface area contributed by atoms with Gasteiger partial charge in [0.15, 0.2) is 11.0 Å². The number of imidazole rings is 2. The molecule has 0 amide bonds. The average molecular weight is 540 g/mol. The Hall–Kier alpha value is -3.86. The summed E-state index contributed by atoms with van der Waals surface area (Å²) in [7, 11) is 0.0438. The maximum atomic E-state index is 11.5. The molecule has 0 radical (unpaired) electrons. The van der Waals surface area contributed by atoms with Crippen LogP contribution in [0, 0.1) is 0 Å². The molecule has 2 N–H and O–H groups in total. The third kappa shape index (κ3) is 4.01. The molecule has 5 aromatic rings. The van der Waals surface area contributed by atoms with Gasteiger partial charge in [0.2, 0.25) is 0 Å². The van der Waals surface area contributed by atoms with Crippen LogP contribution in [0.4, 0.5) is 0 Å². The van der Waals surface area contributed by atoms with Crippen molar-refractivity contribution in [3.05, 3.63) is 59.8 Å². The summed E-state index contributed by atoms with van der Waals surface area (Å²) in [5.74, 6) is 1.67. The Morgan fingerprint density at radius 1 is 0.789 bits per heavy atom. The second-order valence-corrected chi connectivity index (χ2v) is 12.3. The van der Waals surface area contributed by atoms with Crippen molar-refractivity contribution in [3.63, 3.8) is 0 Å². The van der Waals surface area contributed by atoms with E-state index in [1.54, 1.807) is 20.0 Å². The Morgan fingerprint density at radius 2 is 1.45 bits per heavy atom. The third-order valence-electron chi connectivity index (χ3n) is 6.67. The van der Waals surface area contributed by atoms with Crippen molar-refractivity contribution in [3.8, 4) is 45.0 Å². The first-order valence-corrected chi connectivity index (χ1v) is 14.1. The van der Waals surface area contributed by atoms with Crippen LogP contribution in [0.5, 0.6) is 11.5 Å². The van der Waals surface area contributed by atoms with Gasteiger partial charge in [-0.05, 0) is 61.4 Å². The van der Waals surface area contributed by atoms with Crippen LogP contribution in [0.3, 0.4) is 0 Å². The van der Waals surface area contributed by atoms with Gasteiger partial charge in [-0.25, -0.2) is 9.97 Å². The summed E-state index contributed by atoms with van der Waals surface area (Å²) >= 11 is 0. The highest BCUT2D eigenvalue weighted by molar-refractivity contribution is 7.64. The highest BCUT2D eigenvalue weighted by Gasteiger charge is 2.30. The van der Waals surface area contributed by atoms with E-state index in [2.05, 4.69) is 44.2 Å². The number of benzene rings is 3. The van der Waals surface area contributed by atoms with Crippen molar-refractivity contribution in [1.82, 2.24) is 19.9 Å². The lowest BCUT2D eigenvalue weighted by atomic mass is 9.87. The van der Waals surface area contributed by atoms with Crippen LogP contribution < -0.4 is 20.6 Å². The van der Waals surface area contributed by atoms with Gasteiger partial charge >= 0.3 is 0 Å². The fourth-order valence-electron chi connectivity index (χ4n) is 5.12. The van der Waals surface area contributed by atoms with Gasteiger partial charge < -0.3 is 19.4 Å². The van der Waals surface area contributed by atoms with Gasteiger partial charge in [0, 0.05) is 45.0 Å². The zero-order valence-electron chi connectivity index (χ0n) is 20.6. The quantitative estimate of drug-likeness (QED) is 0.300. The SMILES string of the molecule is CC(=O)Pc1ncc(-c2cc3c4c(c2)OCc2cc(-c5ccc6nc(PC(C)=O)[nH]c6c5)cc(c2-4)OC3)[nH]1. The molecule has 0 aliphatic carbocycles. The summed E-state index contributed by atoms with van der Waals surface area (Å²) in [5.41, 5.74) is 11.5. The molecule has 0 saturated heterocycles. The highest BCUT2D eigenvalue weighted by atomic mass is 31.1. The third-order valence-corrected chi connectivity index (χ3v) is 8.34. The van der Waals surface area contributed by atoms with Gasteiger partial charge in [0.05, 0.1) is 22.9 Å². The molecule has 0 fully saturated rings. The van der Waals surface area contributed by atoms with Gasteiger partial charge in [-0.15, -0.1) is 0 Å². The van der Waals surface area contributed by atoms with Gasteiger partial charge in [0.25, 0.3) is 0 Å². The van der Waals surface area contributed by atoms with E-state index < -0.39 is 0 Å². The molecule has 0 spiro atoms. The Bertz CT molecular complexity index is 1760. The summed E-state index contributed by atoms with van der Waals surface area (Å²) in [5, 5.41) is 0. The molecule has 2 aliphatic heterocycles. The van der Waals surface area contributed by atoms with Crippen LogP contribution in [0.25, 0.3) is 44.5 Å². The molecule has 3 aromatic carbocycles. The predicted octanol–water partition coefficient (Wildman–Crippen LogP) is 4.77. The number of aromatic nitrogens is 4. The topological polar surface area (TPSA) is 110 Å². The van der Waals surface area contributed by atoms with Crippen molar-refractivity contribution in [1.29, 1.82) is 0 Å². The Kier molecular flexibility index (Phi) is 5.43. The molecule has 4 heterocycles. The first-order chi connectivity index (χ1) is 18.4. The van der Waals surface area contributed by atoms with E-state index in [4.69, 9.17) is 9.47 Å². The van der Waals surface area contributed by atoms with Crippen LogP contribution in [-0.2, 0) is 22.8 Å². The van der Waals surface area contributed by atoms with Gasteiger partial charge in [-0.1, -0.05) is 6.07 Å². The largest absolute Gasteiger partial charge is 0.488 e. The van der Waals surface area contributed by atoms with E-state index in [0.717, 1.165) is 67.2 Å². The zero-order valence-corrected chi connectivity index (χ0v) is 22.6. The maximum absolute atomic E-state index is 11.5. The molecular formula is C28H22N4O4P2. The summed E-state index contributed by atoms with van der Waals surface area (Å²) in [6.45, 7) is 4.01. The van der Waals surface area contributed by atoms with Crippen molar-refractivity contribution in [2.45, 2.75) is 27.1 Å². The Balaban J connectivity index is 1.26. The first-order valence-electron chi connectivity index (χ1n) is 12.1. The lowest BCUT2D eigenvalue weighted by Gasteiger charge is -2.30. The van der Waals surface area contributed by atoms with E-state index in [-0.39, 0.29) is 28.2 Å². The molecule has 0 saturated carbocycles. The number of ether oxygens (including phenoxy) is 2. The lowest BCUT2D eigenvalue weighted by molar-refractivity contribution is -0.110. The molecule has 2 atom stereocenters. The van der Waals surface area contributed by atoms with Crippen LogP contribution in [-0.4, -0.2) is 31.0 Å². The number of carbonyl (C=O) groups is 2. The van der Waals surface area contributed by atoms with Gasteiger partial charge in [-0.3, -0.25) is 9.59 Å². The molecule has 0 bridgehead atoms. The van der Waals surface area contributed by atoms with Crippen molar-refractivity contribution < 1.29 is 19.1 Å². The highest BCUT2D eigenvalue weighted by Crippen LogP contribution is 2.50. The number of H-pyrrole nitrogens is 2. The number of hydrogen-bond donors (Lipinski definition) is 2. The molecular weight excluding hydrogens is 518 g/mol. The number of carbonyl (C=O) groups excluding carboxylic acids is 2. The lowest BCUT2D eigenvalue weighted by Crippen LogP contribution is -2.15. The van der Waals surface area contributed by atoms with E-state index in [1.807, 2.05) is 18.2 Å². The minimum atomic E-state index is 0.0166. The minimum absolute atomic E-state index is 0.0166. The first kappa shape index (κ1) is 23.3. The smallest absolute Gasteiger partial charge is 0.155 e. The molecule has 2 aliphatic rings. The number of hydrogen-bond acceptors (Lipinski definition) is 6. The number of fused-ring (bicyclic) bond motifs is 1. The minimum Gasteiger partial charge on any atom is -0.488 e. The van der Waals surface area contributed by atoms with Crippen molar-refractivity contribution >= 4 is 50.4 Å². The summed E-state index contributed by atoms with van der Waals surface area (Å²) < 4.78 is 12.5. The number of rotatable bonds is 6. The van der Waals surface area contributed by atoms with Crippen LogP contribution in [0.1, 0.15) is 25.0 Å². The Morgan fingerprint density at radius 3 is 2.16 bits per heavy atom. The normalized spacial score (nSPS) is 13.7. The molecule has 2 aromatic heterocycles. The Labute approximate surface area is 221 Å². The van der Waals surface area contributed by atoms with Crippen LogP contribution >= 0.6 is 17.2 Å². The summed E-state index contributed by atoms with van der Waals surface area (Å²) in [4.78, 5) is 38.4. The van der Waals surface area contributed by atoms with Crippen LogP contribution in [0.2, 0.25) is 0 Å². The number of nitrogens with one attached hydrogen (secondary N) is 2. The molecule has 2 unspecified atom stereocenters. The fourth-order valence-corrected chi connectivity index (χ4v) is 6.48. The average Bonchev–Trinajstić information content (AvgIpc) is 3.51. The number of aromatic amines is 2. The molecule has 38 heavy (non-hydrogen) atoms. The second kappa shape index (κ2) is 8.87. The predicted molar refractivity (Wildman–Crippen MR) is 150 cm³/mol. The van der Waals surface area contributed by atoms with Crippen molar-refractivity contribution in [2.75, 3.05) is 0 Å². The van der Waals surface area contributed by atoms with E-state index in [1.165, 1.54) is 0 Å². The standard InChI is InChI=1S/C28H22N4O4P2/c1-13(33)37-27-29-10-22(32-27)17-6-19-12-35-23-8-16(5-18-11-36-24(9-17)26(19)25(18)23)15-3-4-20-21(7-15)31-28(30-20)38-14(2)34/h3-10,37-38H,11-12H2,1-2H3,(H,29,32)(H,30,31). The fraction of sp³-hybridized carbons (Fsp3) is 0.143. The second-order valence-electron chi connectivity index (χ2n) is 9.42. The zero-order chi connectivity index (χ0) is 26.0. The van der Waals surface area contributed by atoms with E-state index >= 15 is 0 Å². The van der Waals surface area contributed by atoms with Crippen LogP contribution in [0.15, 0.2) is 48.7 Å². The van der Waals surface area contributed by atoms with E-state index in [0.29, 0.717) is 24.3 Å². The molecule has 10 heteroatoms. The van der Waals surface area contributed by atoms with Gasteiger partial charge in [-0.2, -0.15) is 0 Å². The summed E-state index contributed by atoms with van der Waals surface area (Å²) in [6.07, 6.45) is 1.76.